The summed E-state index contributed by atoms with van der Waals surface area (Å²) < 4.78 is 1.72. The molecule has 1 aliphatic carbocycles. The SMILES string of the molecule is CC(NC1CCCCC1C(N)=O)c1nnnn1-c1ccccc1. The van der Waals surface area contributed by atoms with E-state index in [1.54, 1.807) is 4.68 Å². The summed E-state index contributed by atoms with van der Waals surface area (Å²) in [6, 6.07) is 9.77. The zero-order chi connectivity index (χ0) is 16.2. The highest BCUT2D eigenvalue weighted by Gasteiger charge is 2.31. The normalized spacial score (nSPS) is 22.7. The van der Waals surface area contributed by atoms with Crippen LogP contribution in [0.15, 0.2) is 30.3 Å². The minimum atomic E-state index is -0.225. The second kappa shape index (κ2) is 6.87. The second-order valence-corrected chi connectivity index (χ2v) is 6.07. The van der Waals surface area contributed by atoms with Crippen LogP contribution in [0.5, 0.6) is 0 Å². The quantitative estimate of drug-likeness (QED) is 0.868. The van der Waals surface area contributed by atoms with Gasteiger partial charge in [-0.1, -0.05) is 31.0 Å². The lowest BCUT2D eigenvalue weighted by Gasteiger charge is -2.32. The first kappa shape index (κ1) is 15.6. The minimum absolute atomic E-state index is 0.0739. The first-order valence-electron chi connectivity index (χ1n) is 8.06. The van der Waals surface area contributed by atoms with Crippen LogP contribution in [0.4, 0.5) is 0 Å². The van der Waals surface area contributed by atoms with Gasteiger partial charge in [-0.2, -0.15) is 4.68 Å². The molecule has 0 spiro atoms. The lowest BCUT2D eigenvalue weighted by Crippen LogP contribution is -2.45. The number of amides is 1. The van der Waals surface area contributed by atoms with Crippen LogP contribution in [0.1, 0.15) is 44.5 Å². The van der Waals surface area contributed by atoms with E-state index in [0.717, 1.165) is 37.2 Å². The molecule has 1 fully saturated rings. The van der Waals surface area contributed by atoms with Gasteiger partial charge in [0.1, 0.15) is 0 Å². The number of carbonyl (C=O) groups excluding carboxylic acids is 1. The molecule has 3 N–H and O–H groups in total. The number of rotatable bonds is 5. The molecule has 1 aromatic heterocycles. The van der Waals surface area contributed by atoms with Crippen molar-refractivity contribution in [2.45, 2.75) is 44.7 Å². The Kier molecular flexibility index (Phi) is 4.66. The zero-order valence-corrected chi connectivity index (χ0v) is 13.2. The molecule has 3 rings (SSSR count). The van der Waals surface area contributed by atoms with Crippen LogP contribution in [0.2, 0.25) is 0 Å². The smallest absolute Gasteiger partial charge is 0.222 e. The molecule has 1 amide bonds. The van der Waals surface area contributed by atoms with Gasteiger partial charge in [-0.05, 0) is 42.3 Å². The minimum Gasteiger partial charge on any atom is -0.369 e. The van der Waals surface area contributed by atoms with Gasteiger partial charge in [0.15, 0.2) is 5.82 Å². The molecule has 1 aliphatic rings. The van der Waals surface area contributed by atoms with Gasteiger partial charge < -0.3 is 11.1 Å². The van der Waals surface area contributed by atoms with Gasteiger partial charge in [0.2, 0.25) is 5.91 Å². The third-order valence-electron chi connectivity index (χ3n) is 4.48. The van der Waals surface area contributed by atoms with Gasteiger partial charge >= 0.3 is 0 Å². The van der Waals surface area contributed by atoms with E-state index in [2.05, 4.69) is 20.8 Å². The topological polar surface area (TPSA) is 98.7 Å². The van der Waals surface area contributed by atoms with Crippen LogP contribution >= 0.6 is 0 Å². The van der Waals surface area contributed by atoms with Gasteiger partial charge in [0.05, 0.1) is 17.6 Å². The largest absolute Gasteiger partial charge is 0.369 e. The summed E-state index contributed by atoms with van der Waals surface area (Å²) in [6.07, 6.45) is 3.97. The number of tetrazole rings is 1. The van der Waals surface area contributed by atoms with Crippen molar-refractivity contribution in [1.29, 1.82) is 0 Å². The molecule has 1 aromatic carbocycles. The maximum Gasteiger partial charge on any atom is 0.222 e. The number of para-hydroxylation sites is 1. The number of hydrogen-bond acceptors (Lipinski definition) is 5. The highest BCUT2D eigenvalue weighted by atomic mass is 16.1. The number of aromatic nitrogens is 4. The number of benzene rings is 1. The predicted molar refractivity (Wildman–Crippen MR) is 85.6 cm³/mol. The van der Waals surface area contributed by atoms with E-state index in [4.69, 9.17) is 5.73 Å². The molecule has 0 saturated heterocycles. The van der Waals surface area contributed by atoms with Gasteiger partial charge in [0, 0.05) is 6.04 Å². The van der Waals surface area contributed by atoms with E-state index in [9.17, 15) is 4.79 Å². The average Bonchev–Trinajstić information content (AvgIpc) is 3.05. The van der Waals surface area contributed by atoms with E-state index in [-0.39, 0.29) is 23.9 Å². The third kappa shape index (κ3) is 3.39. The fraction of sp³-hybridized carbons (Fsp3) is 0.500. The van der Waals surface area contributed by atoms with Gasteiger partial charge in [-0.25, -0.2) is 0 Å². The summed E-state index contributed by atoms with van der Waals surface area (Å²) in [5, 5.41) is 15.5. The van der Waals surface area contributed by atoms with Gasteiger partial charge in [0.25, 0.3) is 0 Å². The summed E-state index contributed by atoms with van der Waals surface area (Å²) in [4.78, 5) is 11.7. The highest BCUT2D eigenvalue weighted by molar-refractivity contribution is 5.77. The van der Waals surface area contributed by atoms with E-state index in [1.807, 2.05) is 37.3 Å². The Morgan fingerprint density at radius 2 is 2.04 bits per heavy atom. The molecule has 122 valence electrons. The van der Waals surface area contributed by atoms with Crippen LogP contribution in [-0.2, 0) is 4.79 Å². The van der Waals surface area contributed by atoms with Crippen molar-refractivity contribution in [3.05, 3.63) is 36.2 Å². The standard InChI is InChI=1S/C16H22N6O/c1-11(18-14-10-6-5-9-13(14)15(17)23)16-19-20-21-22(16)12-7-3-2-4-8-12/h2-4,7-8,11,13-14,18H,5-6,9-10H2,1H3,(H2,17,23). The summed E-state index contributed by atoms with van der Waals surface area (Å²) in [7, 11) is 0. The lowest BCUT2D eigenvalue weighted by atomic mass is 9.83. The first-order chi connectivity index (χ1) is 11.2. The number of nitrogens with two attached hydrogens (primary N) is 1. The molecule has 2 aromatic rings. The number of nitrogens with zero attached hydrogens (tertiary/aromatic N) is 4. The lowest BCUT2D eigenvalue weighted by molar-refractivity contribution is -0.123. The van der Waals surface area contributed by atoms with Crippen LogP contribution in [0.3, 0.4) is 0 Å². The second-order valence-electron chi connectivity index (χ2n) is 6.07. The van der Waals surface area contributed by atoms with Crippen LogP contribution in [0.25, 0.3) is 5.69 Å². The molecule has 3 atom stereocenters. The Balaban J connectivity index is 1.77. The van der Waals surface area contributed by atoms with Crippen molar-refractivity contribution >= 4 is 5.91 Å². The first-order valence-corrected chi connectivity index (χ1v) is 8.06. The van der Waals surface area contributed by atoms with Crippen LogP contribution < -0.4 is 11.1 Å². The molecule has 0 radical (unpaired) electrons. The maximum absolute atomic E-state index is 11.7. The summed E-state index contributed by atoms with van der Waals surface area (Å²) in [5.41, 5.74) is 6.46. The number of hydrogen-bond donors (Lipinski definition) is 2. The molecule has 1 heterocycles. The number of carbonyl (C=O) groups is 1. The van der Waals surface area contributed by atoms with Crippen LogP contribution in [0, 0.1) is 5.92 Å². The molecule has 0 aliphatic heterocycles. The van der Waals surface area contributed by atoms with Crippen molar-refractivity contribution in [3.8, 4) is 5.69 Å². The molecule has 7 nitrogen and oxygen atoms in total. The van der Waals surface area contributed by atoms with Crippen molar-refractivity contribution in [1.82, 2.24) is 25.5 Å². The Morgan fingerprint density at radius 1 is 1.30 bits per heavy atom. The fourth-order valence-corrected chi connectivity index (χ4v) is 3.28. The molecular weight excluding hydrogens is 292 g/mol. The Hall–Kier alpha value is -2.28. The number of primary amides is 1. The van der Waals surface area contributed by atoms with E-state index < -0.39 is 0 Å². The van der Waals surface area contributed by atoms with E-state index >= 15 is 0 Å². The van der Waals surface area contributed by atoms with Gasteiger partial charge in [-0.3, -0.25) is 4.79 Å². The number of nitrogens with one attached hydrogen (secondary N) is 1. The summed E-state index contributed by atoms with van der Waals surface area (Å²) in [6.45, 7) is 2.01. The van der Waals surface area contributed by atoms with Gasteiger partial charge in [-0.15, -0.1) is 5.10 Å². The average molecular weight is 314 g/mol. The maximum atomic E-state index is 11.7. The third-order valence-corrected chi connectivity index (χ3v) is 4.48. The molecule has 1 saturated carbocycles. The Morgan fingerprint density at radius 3 is 2.78 bits per heavy atom. The molecule has 3 unspecified atom stereocenters. The molecular formula is C16H22N6O. The van der Waals surface area contributed by atoms with Crippen molar-refractivity contribution < 1.29 is 4.79 Å². The Bertz CT molecular complexity index is 656. The van der Waals surface area contributed by atoms with Crippen molar-refractivity contribution in [3.63, 3.8) is 0 Å². The molecule has 0 bridgehead atoms. The summed E-state index contributed by atoms with van der Waals surface area (Å²) in [5.74, 6) is 0.384. The summed E-state index contributed by atoms with van der Waals surface area (Å²) >= 11 is 0. The Labute approximate surface area is 135 Å². The fourth-order valence-electron chi connectivity index (χ4n) is 3.28. The molecule has 7 heteroatoms. The predicted octanol–water partition coefficient (Wildman–Crippen LogP) is 1.36. The monoisotopic (exact) mass is 314 g/mol. The van der Waals surface area contributed by atoms with Crippen molar-refractivity contribution in [2.24, 2.45) is 11.7 Å². The van der Waals surface area contributed by atoms with E-state index in [1.165, 1.54) is 0 Å². The van der Waals surface area contributed by atoms with Crippen molar-refractivity contribution in [2.75, 3.05) is 0 Å². The van der Waals surface area contributed by atoms with E-state index in [0.29, 0.717) is 0 Å². The highest BCUT2D eigenvalue weighted by Crippen LogP contribution is 2.26. The molecule has 23 heavy (non-hydrogen) atoms. The van der Waals surface area contributed by atoms with Crippen LogP contribution in [-0.4, -0.2) is 32.2 Å². The zero-order valence-electron chi connectivity index (χ0n) is 13.2.